The van der Waals surface area contributed by atoms with E-state index in [1.54, 1.807) is 12.1 Å². The topological polar surface area (TPSA) is 66.5 Å². The first-order valence-electron chi connectivity index (χ1n) is 5.87. The van der Waals surface area contributed by atoms with Gasteiger partial charge < -0.3 is 15.8 Å². The third-order valence-electron chi connectivity index (χ3n) is 3.53. The zero-order chi connectivity index (χ0) is 11.6. The van der Waals surface area contributed by atoms with E-state index in [9.17, 15) is 0 Å². The molecular formula is C12H18BNO2. The van der Waals surface area contributed by atoms with Gasteiger partial charge in [0.2, 0.25) is 0 Å². The van der Waals surface area contributed by atoms with Gasteiger partial charge in [-0.2, -0.15) is 0 Å². The van der Waals surface area contributed by atoms with E-state index in [-0.39, 0.29) is 5.54 Å². The highest BCUT2D eigenvalue weighted by atomic mass is 16.4. The van der Waals surface area contributed by atoms with Crippen molar-refractivity contribution < 1.29 is 10.0 Å². The highest BCUT2D eigenvalue weighted by Crippen LogP contribution is 2.34. The van der Waals surface area contributed by atoms with Crippen molar-refractivity contribution in [3.63, 3.8) is 0 Å². The molecule has 1 fully saturated rings. The van der Waals surface area contributed by atoms with E-state index in [1.807, 2.05) is 12.1 Å². The predicted molar refractivity (Wildman–Crippen MR) is 65.2 cm³/mol. The molecule has 1 aromatic carbocycles. The van der Waals surface area contributed by atoms with E-state index in [0.717, 1.165) is 18.4 Å². The second-order valence-corrected chi connectivity index (χ2v) is 4.71. The second-order valence-electron chi connectivity index (χ2n) is 4.71. The molecule has 1 aliphatic rings. The average Bonchev–Trinajstić information content (AvgIpc) is 2.30. The van der Waals surface area contributed by atoms with Gasteiger partial charge in [-0.3, -0.25) is 0 Å². The Morgan fingerprint density at radius 3 is 2.06 bits per heavy atom. The first-order valence-corrected chi connectivity index (χ1v) is 5.87. The van der Waals surface area contributed by atoms with E-state index >= 15 is 0 Å². The minimum atomic E-state index is -1.39. The number of hydrogen-bond acceptors (Lipinski definition) is 3. The van der Waals surface area contributed by atoms with Crippen molar-refractivity contribution in [2.24, 2.45) is 5.73 Å². The summed E-state index contributed by atoms with van der Waals surface area (Å²) >= 11 is 0. The summed E-state index contributed by atoms with van der Waals surface area (Å²) in [7, 11) is -1.39. The Hall–Kier alpha value is -0.835. The minimum absolute atomic E-state index is 0.211. The summed E-state index contributed by atoms with van der Waals surface area (Å²) in [6.45, 7) is 0. The first kappa shape index (κ1) is 11.6. The molecule has 0 spiro atoms. The number of nitrogens with two attached hydrogens (primary N) is 1. The molecule has 0 aromatic heterocycles. The van der Waals surface area contributed by atoms with Crippen molar-refractivity contribution in [2.45, 2.75) is 37.6 Å². The van der Waals surface area contributed by atoms with Gasteiger partial charge >= 0.3 is 7.12 Å². The molecule has 1 aromatic rings. The van der Waals surface area contributed by atoms with Gasteiger partial charge in [-0.1, -0.05) is 43.5 Å². The zero-order valence-electron chi connectivity index (χ0n) is 9.39. The number of hydrogen-bond donors (Lipinski definition) is 3. The molecule has 0 bridgehead atoms. The molecule has 4 N–H and O–H groups in total. The van der Waals surface area contributed by atoms with Crippen LogP contribution < -0.4 is 11.2 Å². The SMILES string of the molecule is NC1(c2ccc(B(O)O)cc2)CCCCC1. The Bertz CT molecular complexity index is 345. The van der Waals surface area contributed by atoms with E-state index < -0.39 is 7.12 Å². The van der Waals surface area contributed by atoms with Crippen LogP contribution in [0.1, 0.15) is 37.7 Å². The van der Waals surface area contributed by atoms with Crippen LogP contribution in [0.2, 0.25) is 0 Å². The standard InChI is InChI=1S/C12H18BNO2/c14-12(8-2-1-3-9-12)10-4-6-11(7-5-10)13(15)16/h4-7,15-16H,1-3,8-9,14H2. The highest BCUT2D eigenvalue weighted by molar-refractivity contribution is 6.58. The molecule has 1 saturated carbocycles. The van der Waals surface area contributed by atoms with Crippen molar-refractivity contribution in [2.75, 3.05) is 0 Å². The summed E-state index contributed by atoms with van der Waals surface area (Å²) in [5.41, 5.74) is 7.80. The van der Waals surface area contributed by atoms with Crippen molar-refractivity contribution >= 4 is 12.6 Å². The quantitative estimate of drug-likeness (QED) is 0.634. The fourth-order valence-corrected chi connectivity index (χ4v) is 2.46. The Morgan fingerprint density at radius 2 is 1.56 bits per heavy atom. The molecule has 0 unspecified atom stereocenters. The van der Waals surface area contributed by atoms with Crippen LogP contribution in [0.25, 0.3) is 0 Å². The van der Waals surface area contributed by atoms with Gasteiger partial charge in [0, 0.05) is 5.54 Å². The lowest BCUT2D eigenvalue weighted by Gasteiger charge is -2.34. The van der Waals surface area contributed by atoms with E-state index in [2.05, 4.69) is 0 Å². The maximum Gasteiger partial charge on any atom is 0.488 e. The molecule has 0 radical (unpaired) electrons. The minimum Gasteiger partial charge on any atom is -0.423 e. The Kier molecular flexibility index (Phi) is 3.33. The van der Waals surface area contributed by atoms with Gasteiger partial charge in [0.1, 0.15) is 0 Å². The van der Waals surface area contributed by atoms with Gasteiger partial charge in [-0.25, -0.2) is 0 Å². The van der Waals surface area contributed by atoms with Crippen molar-refractivity contribution in [3.05, 3.63) is 29.8 Å². The fraction of sp³-hybridized carbons (Fsp3) is 0.500. The van der Waals surface area contributed by atoms with Crippen LogP contribution in [0.5, 0.6) is 0 Å². The van der Waals surface area contributed by atoms with Crippen LogP contribution in [-0.2, 0) is 5.54 Å². The van der Waals surface area contributed by atoms with Crippen LogP contribution in [0.3, 0.4) is 0 Å². The van der Waals surface area contributed by atoms with Gasteiger partial charge in [0.15, 0.2) is 0 Å². The zero-order valence-corrected chi connectivity index (χ0v) is 9.39. The summed E-state index contributed by atoms with van der Waals surface area (Å²) in [6, 6.07) is 7.31. The third kappa shape index (κ3) is 2.29. The first-order chi connectivity index (χ1) is 7.62. The average molecular weight is 219 g/mol. The Labute approximate surface area is 96.4 Å². The molecule has 0 heterocycles. The van der Waals surface area contributed by atoms with Gasteiger partial charge in [-0.15, -0.1) is 0 Å². The summed E-state index contributed by atoms with van der Waals surface area (Å²) in [5.74, 6) is 0. The monoisotopic (exact) mass is 219 g/mol. The lowest BCUT2D eigenvalue weighted by atomic mass is 9.75. The van der Waals surface area contributed by atoms with Crippen LogP contribution in [0, 0.1) is 0 Å². The fourth-order valence-electron chi connectivity index (χ4n) is 2.46. The largest absolute Gasteiger partial charge is 0.488 e. The van der Waals surface area contributed by atoms with Gasteiger partial charge in [-0.05, 0) is 23.9 Å². The lowest BCUT2D eigenvalue weighted by Crippen LogP contribution is -2.39. The smallest absolute Gasteiger partial charge is 0.423 e. The maximum atomic E-state index is 9.01. The molecule has 1 aliphatic carbocycles. The van der Waals surface area contributed by atoms with Gasteiger partial charge in [0.05, 0.1) is 0 Å². The van der Waals surface area contributed by atoms with Crippen molar-refractivity contribution in [3.8, 4) is 0 Å². The highest BCUT2D eigenvalue weighted by Gasteiger charge is 2.29. The molecular weight excluding hydrogens is 201 g/mol. The molecule has 0 saturated heterocycles. The number of benzene rings is 1. The predicted octanol–water partition coefficient (Wildman–Crippen LogP) is 0.484. The Morgan fingerprint density at radius 1 is 1.00 bits per heavy atom. The molecule has 0 aliphatic heterocycles. The molecule has 0 atom stereocenters. The summed E-state index contributed by atoms with van der Waals surface area (Å²) < 4.78 is 0. The third-order valence-corrected chi connectivity index (χ3v) is 3.53. The summed E-state index contributed by atoms with van der Waals surface area (Å²) in [6.07, 6.45) is 5.68. The van der Waals surface area contributed by atoms with Crippen LogP contribution in [0.15, 0.2) is 24.3 Å². The summed E-state index contributed by atoms with van der Waals surface area (Å²) in [4.78, 5) is 0. The van der Waals surface area contributed by atoms with Crippen LogP contribution >= 0.6 is 0 Å². The van der Waals surface area contributed by atoms with E-state index in [0.29, 0.717) is 5.46 Å². The van der Waals surface area contributed by atoms with Crippen LogP contribution in [0.4, 0.5) is 0 Å². The van der Waals surface area contributed by atoms with Crippen molar-refractivity contribution in [1.82, 2.24) is 0 Å². The second kappa shape index (κ2) is 4.57. The molecule has 0 amide bonds. The normalized spacial score (nSPS) is 19.4. The molecule has 2 rings (SSSR count). The van der Waals surface area contributed by atoms with Crippen molar-refractivity contribution in [1.29, 1.82) is 0 Å². The molecule has 16 heavy (non-hydrogen) atoms. The molecule has 3 nitrogen and oxygen atoms in total. The summed E-state index contributed by atoms with van der Waals surface area (Å²) in [5, 5.41) is 18.0. The van der Waals surface area contributed by atoms with Gasteiger partial charge in [0.25, 0.3) is 0 Å². The van der Waals surface area contributed by atoms with Crippen LogP contribution in [-0.4, -0.2) is 17.2 Å². The molecule has 86 valence electrons. The Balaban J connectivity index is 2.20. The lowest BCUT2D eigenvalue weighted by molar-refractivity contribution is 0.302. The molecule has 4 heteroatoms. The maximum absolute atomic E-state index is 9.01. The van der Waals surface area contributed by atoms with E-state index in [4.69, 9.17) is 15.8 Å². The number of rotatable bonds is 2. The van der Waals surface area contributed by atoms with E-state index in [1.165, 1.54) is 19.3 Å².